The molecule has 2 atom stereocenters. The Hall–Kier alpha value is -1.09. The van der Waals surface area contributed by atoms with Crippen molar-refractivity contribution < 1.29 is 9.13 Å². The molecular formula is C11H14FNO. The van der Waals surface area contributed by atoms with Crippen LogP contribution >= 0.6 is 0 Å². The van der Waals surface area contributed by atoms with E-state index in [1.165, 1.54) is 12.1 Å². The SMILES string of the molecule is NC1CCCC1Oc1ccc(F)cc1. The third kappa shape index (κ3) is 2.04. The van der Waals surface area contributed by atoms with E-state index in [1.807, 2.05) is 0 Å². The summed E-state index contributed by atoms with van der Waals surface area (Å²) in [6.07, 6.45) is 3.23. The molecule has 1 fully saturated rings. The second kappa shape index (κ2) is 3.96. The van der Waals surface area contributed by atoms with Gasteiger partial charge in [-0.25, -0.2) is 4.39 Å². The van der Waals surface area contributed by atoms with Gasteiger partial charge in [0.25, 0.3) is 0 Å². The molecule has 0 amide bonds. The Bertz CT molecular complexity index is 299. The maximum absolute atomic E-state index is 12.6. The first-order valence-electron chi connectivity index (χ1n) is 4.93. The summed E-state index contributed by atoms with van der Waals surface area (Å²) < 4.78 is 18.2. The van der Waals surface area contributed by atoms with E-state index in [9.17, 15) is 4.39 Å². The zero-order valence-electron chi connectivity index (χ0n) is 7.95. The van der Waals surface area contributed by atoms with Crippen molar-refractivity contribution in [1.82, 2.24) is 0 Å². The lowest BCUT2D eigenvalue weighted by Crippen LogP contribution is -2.33. The average molecular weight is 195 g/mol. The fourth-order valence-electron chi connectivity index (χ4n) is 1.79. The molecule has 1 aliphatic carbocycles. The molecule has 3 heteroatoms. The van der Waals surface area contributed by atoms with Crippen LogP contribution in [0.4, 0.5) is 4.39 Å². The fourth-order valence-corrected chi connectivity index (χ4v) is 1.79. The Balaban J connectivity index is 2.00. The van der Waals surface area contributed by atoms with Gasteiger partial charge < -0.3 is 10.5 Å². The summed E-state index contributed by atoms with van der Waals surface area (Å²) in [5.74, 6) is 0.460. The number of benzene rings is 1. The van der Waals surface area contributed by atoms with Gasteiger partial charge in [0.05, 0.1) is 0 Å². The van der Waals surface area contributed by atoms with E-state index in [1.54, 1.807) is 12.1 Å². The van der Waals surface area contributed by atoms with E-state index in [0.717, 1.165) is 19.3 Å². The van der Waals surface area contributed by atoms with E-state index in [2.05, 4.69) is 0 Å². The van der Waals surface area contributed by atoms with Crippen LogP contribution < -0.4 is 10.5 Å². The molecule has 76 valence electrons. The zero-order chi connectivity index (χ0) is 9.97. The van der Waals surface area contributed by atoms with E-state index in [4.69, 9.17) is 10.5 Å². The highest BCUT2D eigenvalue weighted by Gasteiger charge is 2.25. The van der Waals surface area contributed by atoms with Crippen molar-refractivity contribution in [3.63, 3.8) is 0 Å². The highest BCUT2D eigenvalue weighted by molar-refractivity contribution is 5.22. The standard InChI is InChI=1S/C11H14FNO/c12-8-4-6-9(7-5-8)14-11-3-1-2-10(11)13/h4-7,10-11H,1-3,13H2. The molecule has 0 aliphatic heterocycles. The van der Waals surface area contributed by atoms with Crippen molar-refractivity contribution in [2.45, 2.75) is 31.4 Å². The van der Waals surface area contributed by atoms with Gasteiger partial charge in [-0.1, -0.05) is 0 Å². The molecule has 0 saturated heterocycles. The molecule has 2 rings (SSSR count). The Kier molecular flexibility index (Phi) is 2.68. The number of ether oxygens (including phenoxy) is 1. The highest BCUT2D eigenvalue weighted by Crippen LogP contribution is 2.23. The summed E-state index contributed by atoms with van der Waals surface area (Å²) >= 11 is 0. The van der Waals surface area contributed by atoms with Crippen LogP contribution in [-0.4, -0.2) is 12.1 Å². The molecule has 0 heterocycles. The van der Waals surface area contributed by atoms with Gasteiger partial charge in [-0.2, -0.15) is 0 Å². The summed E-state index contributed by atoms with van der Waals surface area (Å²) in [4.78, 5) is 0. The van der Waals surface area contributed by atoms with E-state index < -0.39 is 0 Å². The maximum atomic E-state index is 12.6. The molecule has 2 unspecified atom stereocenters. The molecule has 1 saturated carbocycles. The molecule has 1 aliphatic rings. The molecule has 0 radical (unpaired) electrons. The second-order valence-corrected chi connectivity index (χ2v) is 3.70. The Labute approximate surface area is 82.9 Å². The normalized spacial score (nSPS) is 26.4. The molecule has 2 N–H and O–H groups in total. The van der Waals surface area contributed by atoms with Crippen molar-refractivity contribution in [1.29, 1.82) is 0 Å². The van der Waals surface area contributed by atoms with Gasteiger partial charge in [0.2, 0.25) is 0 Å². The summed E-state index contributed by atoms with van der Waals surface area (Å²) in [7, 11) is 0. The quantitative estimate of drug-likeness (QED) is 0.784. The van der Waals surface area contributed by atoms with Crippen LogP contribution in [0.25, 0.3) is 0 Å². The average Bonchev–Trinajstić information content (AvgIpc) is 2.56. The van der Waals surface area contributed by atoms with Crippen LogP contribution in [0.3, 0.4) is 0 Å². The van der Waals surface area contributed by atoms with Crippen molar-refractivity contribution >= 4 is 0 Å². The number of halogens is 1. The van der Waals surface area contributed by atoms with Gasteiger partial charge in [-0.15, -0.1) is 0 Å². The number of nitrogens with two attached hydrogens (primary N) is 1. The van der Waals surface area contributed by atoms with Crippen molar-refractivity contribution in [3.05, 3.63) is 30.1 Å². The minimum atomic E-state index is -0.243. The van der Waals surface area contributed by atoms with E-state index in [-0.39, 0.29) is 18.0 Å². The van der Waals surface area contributed by atoms with Gasteiger partial charge in [0.15, 0.2) is 0 Å². The van der Waals surface area contributed by atoms with Crippen LogP contribution in [-0.2, 0) is 0 Å². The van der Waals surface area contributed by atoms with Crippen molar-refractivity contribution in [2.75, 3.05) is 0 Å². The number of rotatable bonds is 2. The van der Waals surface area contributed by atoms with Gasteiger partial charge in [0, 0.05) is 6.04 Å². The predicted octanol–water partition coefficient (Wildman–Crippen LogP) is 2.08. The molecule has 0 bridgehead atoms. The van der Waals surface area contributed by atoms with Gasteiger partial charge in [-0.3, -0.25) is 0 Å². The fraction of sp³-hybridized carbons (Fsp3) is 0.455. The van der Waals surface area contributed by atoms with E-state index >= 15 is 0 Å². The van der Waals surface area contributed by atoms with Crippen LogP contribution in [0, 0.1) is 5.82 Å². The van der Waals surface area contributed by atoms with Crippen LogP contribution in [0.1, 0.15) is 19.3 Å². The third-order valence-corrected chi connectivity index (χ3v) is 2.60. The lowest BCUT2D eigenvalue weighted by molar-refractivity contribution is 0.191. The first kappa shape index (κ1) is 9.46. The largest absolute Gasteiger partial charge is 0.489 e. The molecular weight excluding hydrogens is 181 g/mol. The molecule has 1 aromatic carbocycles. The lowest BCUT2D eigenvalue weighted by Gasteiger charge is -2.17. The topological polar surface area (TPSA) is 35.2 Å². The Morgan fingerprint density at radius 2 is 1.93 bits per heavy atom. The molecule has 1 aromatic rings. The Morgan fingerprint density at radius 1 is 1.21 bits per heavy atom. The lowest BCUT2D eigenvalue weighted by atomic mass is 10.2. The zero-order valence-corrected chi connectivity index (χ0v) is 7.95. The molecule has 0 spiro atoms. The Morgan fingerprint density at radius 3 is 2.50 bits per heavy atom. The summed E-state index contributed by atoms with van der Waals surface area (Å²) in [6.45, 7) is 0. The van der Waals surface area contributed by atoms with Crippen LogP contribution in [0.2, 0.25) is 0 Å². The van der Waals surface area contributed by atoms with Gasteiger partial charge in [-0.05, 0) is 43.5 Å². The first-order chi connectivity index (χ1) is 6.75. The minimum Gasteiger partial charge on any atom is -0.489 e. The maximum Gasteiger partial charge on any atom is 0.123 e. The summed E-state index contributed by atoms with van der Waals surface area (Å²) in [5, 5.41) is 0. The second-order valence-electron chi connectivity index (χ2n) is 3.70. The molecule has 14 heavy (non-hydrogen) atoms. The van der Waals surface area contributed by atoms with Crippen LogP contribution in [0.5, 0.6) is 5.75 Å². The molecule has 2 nitrogen and oxygen atoms in total. The van der Waals surface area contributed by atoms with Crippen LogP contribution in [0.15, 0.2) is 24.3 Å². The highest BCUT2D eigenvalue weighted by atomic mass is 19.1. The molecule has 0 aromatic heterocycles. The monoisotopic (exact) mass is 195 g/mol. The van der Waals surface area contributed by atoms with E-state index in [0.29, 0.717) is 5.75 Å². The number of hydrogen-bond acceptors (Lipinski definition) is 2. The van der Waals surface area contributed by atoms with Gasteiger partial charge >= 0.3 is 0 Å². The number of hydrogen-bond donors (Lipinski definition) is 1. The predicted molar refractivity (Wildman–Crippen MR) is 52.6 cm³/mol. The van der Waals surface area contributed by atoms with Crippen molar-refractivity contribution in [3.8, 4) is 5.75 Å². The minimum absolute atomic E-state index is 0.0976. The smallest absolute Gasteiger partial charge is 0.123 e. The summed E-state index contributed by atoms with van der Waals surface area (Å²) in [6, 6.07) is 6.20. The van der Waals surface area contributed by atoms with Crippen molar-refractivity contribution in [2.24, 2.45) is 5.73 Å². The third-order valence-electron chi connectivity index (χ3n) is 2.60. The first-order valence-corrected chi connectivity index (χ1v) is 4.93. The van der Waals surface area contributed by atoms with Gasteiger partial charge in [0.1, 0.15) is 17.7 Å². The summed E-state index contributed by atoms with van der Waals surface area (Å²) in [5.41, 5.74) is 5.86.